The van der Waals surface area contributed by atoms with E-state index in [2.05, 4.69) is 10.3 Å². The Labute approximate surface area is 173 Å². The van der Waals surface area contributed by atoms with Gasteiger partial charge in [-0.05, 0) is 48.5 Å². The van der Waals surface area contributed by atoms with E-state index >= 15 is 0 Å². The predicted molar refractivity (Wildman–Crippen MR) is 114 cm³/mol. The van der Waals surface area contributed by atoms with Crippen molar-refractivity contribution in [1.82, 2.24) is 4.98 Å². The van der Waals surface area contributed by atoms with Crippen LogP contribution in [0.15, 0.2) is 66.7 Å². The fraction of sp³-hybridized carbons (Fsp3) is 0.136. The van der Waals surface area contributed by atoms with E-state index in [0.29, 0.717) is 36.2 Å². The Bertz CT molecular complexity index is 1070. The number of amides is 2. The molecule has 0 radical (unpaired) electrons. The van der Waals surface area contributed by atoms with E-state index in [9.17, 15) is 9.59 Å². The number of ether oxygens (including phenoxy) is 1. The summed E-state index contributed by atoms with van der Waals surface area (Å²) in [6, 6.07) is 19.0. The van der Waals surface area contributed by atoms with E-state index in [1.165, 1.54) is 12.1 Å². The normalized spacial score (nSPS) is 12.5. The summed E-state index contributed by atoms with van der Waals surface area (Å²) in [5.74, 6) is 0.581. The summed E-state index contributed by atoms with van der Waals surface area (Å²) in [5, 5.41) is 11.9. The fourth-order valence-electron chi connectivity index (χ4n) is 3.14. The quantitative estimate of drug-likeness (QED) is 0.683. The third kappa shape index (κ3) is 3.88. The molecule has 8 nitrogen and oxygen atoms in total. The van der Waals surface area contributed by atoms with Gasteiger partial charge in [0.1, 0.15) is 12.4 Å². The molecule has 0 aliphatic carbocycles. The maximum atomic E-state index is 12.8. The Morgan fingerprint density at radius 2 is 1.80 bits per heavy atom. The van der Waals surface area contributed by atoms with Crippen LogP contribution in [-0.4, -0.2) is 42.3 Å². The average Bonchev–Trinajstić information content (AvgIpc) is 2.78. The molecule has 4 rings (SSSR count). The Hall–Kier alpha value is -4.07. The summed E-state index contributed by atoms with van der Waals surface area (Å²) in [4.78, 5) is 31.9. The Morgan fingerprint density at radius 1 is 1.07 bits per heavy atom. The molecule has 0 bridgehead atoms. The standard InChI is InChI=1S/C22H20N4O4/c1-25(17-9-7-15(8-10-17)21(27)28)19-12-11-18-20(24-19)26(13-14-30-18)22(29)23-16-5-3-2-4-6-16/h2-12H,13-14H2,1H3,(H,23,29)(H,27,28). The number of hydrogen-bond acceptors (Lipinski definition) is 5. The minimum Gasteiger partial charge on any atom is -0.488 e. The molecule has 0 atom stereocenters. The molecule has 3 aromatic rings. The summed E-state index contributed by atoms with van der Waals surface area (Å²) < 4.78 is 5.67. The zero-order valence-corrected chi connectivity index (χ0v) is 16.3. The first-order chi connectivity index (χ1) is 14.5. The second-order valence-corrected chi connectivity index (χ2v) is 6.70. The monoisotopic (exact) mass is 404 g/mol. The molecule has 0 spiro atoms. The lowest BCUT2D eigenvalue weighted by Crippen LogP contribution is -2.41. The molecule has 30 heavy (non-hydrogen) atoms. The molecule has 0 fully saturated rings. The van der Waals surface area contributed by atoms with Crippen molar-refractivity contribution in [2.75, 3.05) is 35.3 Å². The van der Waals surface area contributed by atoms with Crippen molar-refractivity contribution >= 4 is 35.0 Å². The molecule has 2 amide bonds. The highest BCUT2D eigenvalue weighted by atomic mass is 16.5. The maximum Gasteiger partial charge on any atom is 0.335 e. The third-order valence-corrected chi connectivity index (χ3v) is 4.77. The highest BCUT2D eigenvalue weighted by Crippen LogP contribution is 2.34. The number of carboxylic acids is 1. The number of rotatable bonds is 4. The fourth-order valence-corrected chi connectivity index (χ4v) is 3.14. The lowest BCUT2D eigenvalue weighted by atomic mass is 10.2. The van der Waals surface area contributed by atoms with Crippen molar-refractivity contribution in [2.45, 2.75) is 0 Å². The zero-order valence-electron chi connectivity index (χ0n) is 16.3. The number of carbonyl (C=O) groups is 2. The molecule has 2 aromatic carbocycles. The van der Waals surface area contributed by atoms with E-state index in [1.807, 2.05) is 42.3 Å². The van der Waals surface area contributed by atoms with E-state index in [4.69, 9.17) is 9.84 Å². The van der Waals surface area contributed by atoms with Gasteiger partial charge in [-0.25, -0.2) is 14.6 Å². The zero-order chi connectivity index (χ0) is 21.1. The molecule has 2 N–H and O–H groups in total. The van der Waals surface area contributed by atoms with Crippen LogP contribution in [0.2, 0.25) is 0 Å². The molecular weight excluding hydrogens is 384 g/mol. The van der Waals surface area contributed by atoms with Gasteiger partial charge in [-0.3, -0.25) is 4.90 Å². The lowest BCUT2D eigenvalue weighted by molar-refractivity contribution is 0.0697. The SMILES string of the molecule is CN(c1ccc(C(=O)O)cc1)c1ccc2c(n1)N(C(=O)Nc1ccccc1)CCO2. The number of nitrogens with one attached hydrogen (secondary N) is 1. The van der Waals surface area contributed by atoms with Crippen LogP contribution in [0.5, 0.6) is 5.75 Å². The van der Waals surface area contributed by atoms with Crippen LogP contribution in [0, 0.1) is 0 Å². The molecule has 1 aliphatic rings. The second kappa shape index (κ2) is 8.12. The van der Waals surface area contributed by atoms with Gasteiger partial charge in [-0.2, -0.15) is 0 Å². The average molecular weight is 404 g/mol. The van der Waals surface area contributed by atoms with Crippen molar-refractivity contribution in [3.05, 3.63) is 72.3 Å². The smallest absolute Gasteiger partial charge is 0.335 e. The number of anilines is 4. The summed E-state index contributed by atoms with van der Waals surface area (Å²) >= 11 is 0. The van der Waals surface area contributed by atoms with Crippen LogP contribution in [0.3, 0.4) is 0 Å². The van der Waals surface area contributed by atoms with Crippen LogP contribution >= 0.6 is 0 Å². The summed E-state index contributed by atoms with van der Waals surface area (Å²) in [5.41, 5.74) is 1.68. The van der Waals surface area contributed by atoms with Crippen LogP contribution in [0.4, 0.5) is 27.8 Å². The van der Waals surface area contributed by atoms with Crippen molar-refractivity contribution in [3.8, 4) is 5.75 Å². The predicted octanol–water partition coefficient (Wildman–Crippen LogP) is 3.98. The molecule has 1 aromatic heterocycles. The van der Waals surface area contributed by atoms with Crippen molar-refractivity contribution in [1.29, 1.82) is 0 Å². The lowest BCUT2D eigenvalue weighted by Gasteiger charge is -2.30. The first-order valence-electron chi connectivity index (χ1n) is 9.37. The van der Waals surface area contributed by atoms with Gasteiger partial charge in [-0.1, -0.05) is 18.2 Å². The van der Waals surface area contributed by atoms with Crippen molar-refractivity contribution in [3.63, 3.8) is 0 Å². The van der Waals surface area contributed by atoms with E-state index in [-0.39, 0.29) is 11.6 Å². The maximum absolute atomic E-state index is 12.8. The topological polar surface area (TPSA) is 95.0 Å². The summed E-state index contributed by atoms with van der Waals surface area (Å²) in [6.45, 7) is 0.752. The molecule has 0 unspecified atom stereocenters. The van der Waals surface area contributed by atoms with E-state index in [0.717, 1.165) is 5.69 Å². The number of carboxylic acid groups (broad SMARTS) is 1. The highest BCUT2D eigenvalue weighted by molar-refractivity contribution is 6.02. The van der Waals surface area contributed by atoms with Crippen LogP contribution in [0.1, 0.15) is 10.4 Å². The molecular formula is C22H20N4O4. The Morgan fingerprint density at radius 3 is 2.50 bits per heavy atom. The van der Waals surface area contributed by atoms with Crippen molar-refractivity contribution < 1.29 is 19.4 Å². The molecule has 152 valence electrons. The van der Waals surface area contributed by atoms with Gasteiger partial charge in [0.15, 0.2) is 11.6 Å². The highest BCUT2D eigenvalue weighted by Gasteiger charge is 2.26. The van der Waals surface area contributed by atoms with Gasteiger partial charge < -0.3 is 20.1 Å². The van der Waals surface area contributed by atoms with Gasteiger partial charge in [0.2, 0.25) is 0 Å². The largest absolute Gasteiger partial charge is 0.488 e. The van der Waals surface area contributed by atoms with Gasteiger partial charge in [0.25, 0.3) is 0 Å². The Kier molecular flexibility index (Phi) is 5.21. The minimum absolute atomic E-state index is 0.211. The number of aromatic nitrogens is 1. The van der Waals surface area contributed by atoms with Crippen LogP contribution < -0.4 is 19.9 Å². The summed E-state index contributed by atoms with van der Waals surface area (Å²) in [6.07, 6.45) is 0. The van der Waals surface area contributed by atoms with Gasteiger partial charge in [-0.15, -0.1) is 0 Å². The number of benzene rings is 2. The van der Waals surface area contributed by atoms with Gasteiger partial charge >= 0.3 is 12.0 Å². The minimum atomic E-state index is -0.978. The first-order valence-corrected chi connectivity index (χ1v) is 9.37. The number of carbonyl (C=O) groups excluding carboxylic acids is 1. The summed E-state index contributed by atoms with van der Waals surface area (Å²) in [7, 11) is 1.82. The number of aromatic carboxylic acids is 1. The number of nitrogens with zero attached hydrogens (tertiary/aromatic N) is 3. The van der Waals surface area contributed by atoms with Crippen LogP contribution in [0.25, 0.3) is 0 Å². The number of hydrogen-bond donors (Lipinski definition) is 2. The van der Waals surface area contributed by atoms with Crippen LogP contribution in [-0.2, 0) is 0 Å². The van der Waals surface area contributed by atoms with Gasteiger partial charge in [0.05, 0.1) is 12.1 Å². The molecule has 2 heterocycles. The van der Waals surface area contributed by atoms with Gasteiger partial charge in [0, 0.05) is 18.4 Å². The van der Waals surface area contributed by atoms with Crippen molar-refractivity contribution in [2.24, 2.45) is 0 Å². The molecule has 8 heteroatoms. The second-order valence-electron chi connectivity index (χ2n) is 6.70. The number of fused-ring (bicyclic) bond motifs is 1. The molecule has 0 saturated carbocycles. The van der Waals surface area contributed by atoms with E-state index in [1.54, 1.807) is 29.2 Å². The molecule has 0 saturated heterocycles. The third-order valence-electron chi connectivity index (χ3n) is 4.77. The van der Waals surface area contributed by atoms with E-state index < -0.39 is 5.97 Å². The number of urea groups is 1. The Balaban J connectivity index is 1.60. The number of pyridine rings is 1. The molecule has 1 aliphatic heterocycles. The number of para-hydroxylation sites is 1. The first kappa shape index (κ1) is 19.3.